The highest BCUT2D eigenvalue weighted by Crippen LogP contribution is 2.21. The molecule has 0 aromatic heterocycles. The predicted molar refractivity (Wildman–Crippen MR) is 144 cm³/mol. The number of aryl methyl sites for hydroxylation is 2. The molecular weight excluding hydrogens is 474 g/mol. The molecule has 0 saturated heterocycles. The molecule has 0 bridgehead atoms. The first-order valence-corrected chi connectivity index (χ1v) is 14.6. The zero-order valence-corrected chi connectivity index (χ0v) is 22.7. The quantitative estimate of drug-likeness (QED) is 0.485. The molecule has 1 aliphatic carbocycles. The maximum atomic E-state index is 13.4. The Morgan fingerprint density at radius 3 is 2.08 bits per heavy atom. The number of amides is 2. The number of carbonyl (C=O) groups is 2. The van der Waals surface area contributed by atoms with Crippen molar-refractivity contribution in [3.8, 4) is 0 Å². The molecule has 196 valence electrons. The van der Waals surface area contributed by atoms with Gasteiger partial charge in [-0.05, 0) is 57.7 Å². The minimum atomic E-state index is -3.50. The summed E-state index contributed by atoms with van der Waals surface area (Å²) in [5, 5.41) is 3.11. The van der Waals surface area contributed by atoms with Crippen molar-refractivity contribution in [2.45, 2.75) is 77.9 Å². The number of nitrogens with one attached hydrogen (secondary N) is 1. The Morgan fingerprint density at radius 2 is 1.53 bits per heavy atom. The van der Waals surface area contributed by atoms with E-state index in [1.54, 1.807) is 24.0 Å². The zero-order chi connectivity index (χ0) is 26.3. The van der Waals surface area contributed by atoms with E-state index < -0.39 is 16.1 Å². The normalized spacial score (nSPS) is 14.9. The Balaban J connectivity index is 1.70. The molecule has 1 aliphatic rings. The number of carbonyl (C=O) groups excluding carboxylic acids is 2. The molecule has 0 spiro atoms. The van der Waals surface area contributed by atoms with E-state index in [4.69, 9.17) is 0 Å². The number of sulfonamides is 1. The summed E-state index contributed by atoms with van der Waals surface area (Å²) >= 11 is 0. The van der Waals surface area contributed by atoms with Crippen LogP contribution in [0, 0.1) is 13.8 Å². The van der Waals surface area contributed by atoms with Gasteiger partial charge in [0.2, 0.25) is 21.8 Å². The first-order valence-electron chi connectivity index (χ1n) is 12.7. The summed E-state index contributed by atoms with van der Waals surface area (Å²) < 4.78 is 26.2. The molecule has 1 saturated carbocycles. The Hall–Kier alpha value is -2.87. The highest BCUT2D eigenvalue weighted by molar-refractivity contribution is 7.92. The Bertz CT molecular complexity index is 1120. The topological polar surface area (TPSA) is 86.8 Å². The predicted octanol–water partition coefficient (Wildman–Crippen LogP) is 4.33. The van der Waals surface area contributed by atoms with E-state index in [1.807, 2.05) is 50.2 Å². The molecule has 0 aliphatic heterocycles. The summed E-state index contributed by atoms with van der Waals surface area (Å²) in [4.78, 5) is 28.0. The van der Waals surface area contributed by atoms with Crippen molar-refractivity contribution >= 4 is 27.5 Å². The molecule has 1 fully saturated rings. The van der Waals surface area contributed by atoms with E-state index in [0.29, 0.717) is 18.7 Å². The lowest BCUT2D eigenvalue weighted by atomic mass is 10.1. The monoisotopic (exact) mass is 513 g/mol. The van der Waals surface area contributed by atoms with Crippen molar-refractivity contribution in [1.29, 1.82) is 0 Å². The maximum Gasteiger partial charge on any atom is 0.242 e. The van der Waals surface area contributed by atoms with Crippen LogP contribution in [0.15, 0.2) is 48.5 Å². The molecule has 2 aromatic rings. The van der Waals surface area contributed by atoms with Crippen LogP contribution in [0.3, 0.4) is 0 Å². The fourth-order valence-electron chi connectivity index (χ4n) is 4.58. The zero-order valence-electron chi connectivity index (χ0n) is 21.9. The van der Waals surface area contributed by atoms with E-state index in [1.165, 1.54) is 10.6 Å². The lowest BCUT2D eigenvalue weighted by Gasteiger charge is -2.30. The molecule has 1 atom stereocenters. The van der Waals surface area contributed by atoms with Gasteiger partial charge in [-0.25, -0.2) is 8.42 Å². The van der Waals surface area contributed by atoms with Crippen LogP contribution in [0.25, 0.3) is 0 Å². The SMILES string of the molecule is Cc1ccc(CN(C(=O)CCCN(c2ccc(C)cc2)S(C)(=O)=O)[C@H](C)C(=O)NC2CCCC2)cc1. The number of anilines is 1. The van der Waals surface area contributed by atoms with Crippen LogP contribution < -0.4 is 9.62 Å². The van der Waals surface area contributed by atoms with Gasteiger partial charge >= 0.3 is 0 Å². The summed E-state index contributed by atoms with van der Waals surface area (Å²) in [7, 11) is -3.50. The molecule has 0 heterocycles. The van der Waals surface area contributed by atoms with Gasteiger partial charge in [-0.1, -0.05) is 60.4 Å². The molecule has 3 rings (SSSR count). The smallest absolute Gasteiger partial charge is 0.242 e. The van der Waals surface area contributed by atoms with Crippen LogP contribution in [0.1, 0.15) is 62.1 Å². The van der Waals surface area contributed by atoms with E-state index >= 15 is 0 Å². The van der Waals surface area contributed by atoms with Crippen LogP contribution >= 0.6 is 0 Å². The Morgan fingerprint density at radius 1 is 0.972 bits per heavy atom. The van der Waals surface area contributed by atoms with Gasteiger partial charge in [0, 0.05) is 25.6 Å². The number of nitrogens with zero attached hydrogens (tertiary/aromatic N) is 2. The Labute approximate surface area is 215 Å². The first-order chi connectivity index (χ1) is 17.0. The van der Waals surface area contributed by atoms with Crippen molar-refractivity contribution in [2.24, 2.45) is 0 Å². The summed E-state index contributed by atoms with van der Waals surface area (Å²) in [6, 6.07) is 14.8. The third-order valence-electron chi connectivity index (χ3n) is 6.82. The van der Waals surface area contributed by atoms with E-state index in [9.17, 15) is 18.0 Å². The van der Waals surface area contributed by atoms with Gasteiger partial charge in [-0.3, -0.25) is 13.9 Å². The number of benzene rings is 2. The van der Waals surface area contributed by atoms with Crippen molar-refractivity contribution in [3.05, 3.63) is 65.2 Å². The van der Waals surface area contributed by atoms with Gasteiger partial charge < -0.3 is 10.2 Å². The summed E-state index contributed by atoms with van der Waals surface area (Å²) in [6.45, 7) is 6.23. The first kappa shape index (κ1) is 27.7. The molecule has 1 N–H and O–H groups in total. The minimum absolute atomic E-state index is 0.139. The summed E-state index contributed by atoms with van der Waals surface area (Å²) in [5.41, 5.74) is 3.70. The fraction of sp³-hybridized carbons (Fsp3) is 0.500. The number of hydrogen-bond acceptors (Lipinski definition) is 4. The fourth-order valence-corrected chi connectivity index (χ4v) is 5.55. The van der Waals surface area contributed by atoms with Crippen molar-refractivity contribution in [2.75, 3.05) is 17.1 Å². The van der Waals surface area contributed by atoms with Gasteiger partial charge in [0.15, 0.2) is 0 Å². The maximum absolute atomic E-state index is 13.4. The van der Waals surface area contributed by atoms with Gasteiger partial charge in [0.1, 0.15) is 6.04 Å². The number of hydrogen-bond donors (Lipinski definition) is 1. The van der Waals surface area contributed by atoms with Crippen LogP contribution in [-0.2, 0) is 26.2 Å². The van der Waals surface area contributed by atoms with Gasteiger partial charge in [0.25, 0.3) is 0 Å². The van der Waals surface area contributed by atoms with E-state index in [0.717, 1.165) is 42.4 Å². The lowest BCUT2D eigenvalue weighted by Crippen LogP contribution is -2.49. The van der Waals surface area contributed by atoms with Gasteiger partial charge in [-0.2, -0.15) is 0 Å². The highest BCUT2D eigenvalue weighted by atomic mass is 32.2. The largest absolute Gasteiger partial charge is 0.352 e. The molecule has 36 heavy (non-hydrogen) atoms. The van der Waals surface area contributed by atoms with Crippen LogP contribution in [0.4, 0.5) is 5.69 Å². The van der Waals surface area contributed by atoms with Gasteiger partial charge in [0.05, 0.1) is 11.9 Å². The standard InChI is InChI=1S/C28H39N3O4S/c1-21-11-15-24(16-12-21)20-30(23(3)28(33)29-25-8-5-6-9-25)27(32)10-7-19-31(36(4,34)35)26-17-13-22(2)14-18-26/h11-18,23,25H,5-10,19-20H2,1-4H3,(H,29,33)/t23-/m1/s1. The third kappa shape index (κ3) is 7.82. The van der Waals surface area contributed by atoms with Crippen molar-refractivity contribution in [3.63, 3.8) is 0 Å². The van der Waals surface area contributed by atoms with Gasteiger partial charge in [-0.15, -0.1) is 0 Å². The lowest BCUT2D eigenvalue weighted by molar-refractivity contribution is -0.141. The second kappa shape index (κ2) is 12.4. The average molecular weight is 514 g/mol. The molecule has 8 heteroatoms. The van der Waals surface area contributed by atoms with Crippen molar-refractivity contribution < 1.29 is 18.0 Å². The second-order valence-corrected chi connectivity index (χ2v) is 11.9. The average Bonchev–Trinajstić information content (AvgIpc) is 3.34. The summed E-state index contributed by atoms with van der Waals surface area (Å²) in [5.74, 6) is -0.304. The van der Waals surface area contributed by atoms with Crippen LogP contribution in [0.2, 0.25) is 0 Å². The Kier molecular flexibility index (Phi) is 9.54. The molecule has 7 nitrogen and oxygen atoms in total. The van der Waals surface area contributed by atoms with Crippen molar-refractivity contribution in [1.82, 2.24) is 10.2 Å². The molecule has 2 amide bonds. The molecular formula is C28H39N3O4S. The minimum Gasteiger partial charge on any atom is -0.352 e. The number of rotatable bonds is 11. The van der Waals surface area contributed by atoms with Crippen LogP contribution in [0.5, 0.6) is 0 Å². The summed E-state index contributed by atoms with van der Waals surface area (Å²) in [6.07, 6.45) is 5.85. The molecule has 0 radical (unpaired) electrons. The molecule has 0 unspecified atom stereocenters. The molecule has 2 aromatic carbocycles. The van der Waals surface area contributed by atoms with E-state index in [2.05, 4.69) is 5.32 Å². The van der Waals surface area contributed by atoms with E-state index in [-0.39, 0.29) is 30.8 Å². The van der Waals surface area contributed by atoms with Crippen LogP contribution in [-0.4, -0.2) is 50.0 Å². The third-order valence-corrected chi connectivity index (χ3v) is 8.01. The second-order valence-electron chi connectivity index (χ2n) is 9.95. The highest BCUT2D eigenvalue weighted by Gasteiger charge is 2.28.